The zero-order valence-electron chi connectivity index (χ0n) is 33.2. The Morgan fingerprint density at radius 2 is 0.633 bits per heavy atom. The van der Waals surface area contributed by atoms with E-state index in [1.54, 1.807) is 0 Å². The molecule has 0 rings (SSSR count). The molecule has 0 aromatic heterocycles. The molecule has 0 amide bonds. The van der Waals surface area contributed by atoms with Crippen LogP contribution in [0.3, 0.4) is 0 Å². The minimum absolute atomic E-state index is 0.0568. The van der Waals surface area contributed by atoms with Gasteiger partial charge in [0.2, 0.25) is 0 Å². The second-order valence-corrected chi connectivity index (χ2v) is 15.1. The highest BCUT2D eigenvalue weighted by molar-refractivity contribution is 5.70. The maximum absolute atomic E-state index is 12.2. The van der Waals surface area contributed by atoms with Crippen LogP contribution < -0.4 is 0 Å². The van der Waals surface area contributed by atoms with Crippen molar-refractivity contribution in [1.82, 2.24) is 0 Å². The van der Waals surface area contributed by atoms with Crippen LogP contribution in [0.4, 0.5) is 0 Å². The van der Waals surface area contributed by atoms with E-state index in [1.807, 2.05) is 0 Å². The summed E-state index contributed by atoms with van der Waals surface area (Å²) in [6.07, 6.45) is 46.1. The summed E-state index contributed by atoms with van der Waals surface area (Å²) in [6, 6.07) is 0. The maximum atomic E-state index is 12.2. The van der Waals surface area contributed by atoms with Gasteiger partial charge in [0.1, 0.15) is 6.61 Å². The van der Waals surface area contributed by atoms with Gasteiger partial charge in [0.25, 0.3) is 0 Å². The maximum Gasteiger partial charge on any atom is 0.306 e. The van der Waals surface area contributed by atoms with Crippen LogP contribution >= 0.6 is 0 Å². The second kappa shape index (κ2) is 41.3. The molecule has 0 saturated heterocycles. The first kappa shape index (κ1) is 47.9. The topological polar surface area (TPSA) is 72.8 Å². The lowest BCUT2D eigenvalue weighted by molar-refractivity contribution is -0.161. The normalized spacial score (nSPS) is 12.0. The molecule has 1 atom stereocenters. The standard InChI is InChI=1S/C44H86O5/c1-3-5-7-9-11-13-15-17-18-19-20-21-22-23-24-25-26-27-29-31-33-35-37-39-44(47)49-42(40-45)41-48-43(46)38-36-34-32-30-28-16-14-12-10-8-6-4-2/h42,45H,3-41H2,1-2H3. The van der Waals surface area contributed by atoms with E-state index in [-0.39, 0.29) is 25.2 Å². The molecule has 5 heteroatoms. The SMILES string of the molecule is CCCCCCCCCCCCCCCCCCCCCCCCCC(=O)OC(CO)COC(=O)CCCCCCCCCCCCCC. The van der Waals surface area contributed by atoms with Crippen LogP contribution in [0.2, 0.25) is 0 Å². The summed E-state index contributed by atoms with van der Waals surface area (Å²) in [5.74, 6) is -0.573. The first-order valence-electron chi connectivity index (χ1n) is 22.1. The number of unbranched alkanes of at least 4 members (excludes halogenated alkanes) is 33. The first-order chi connectivity index (χ1) is 24.1. The van der Waals surface area contributed by atoms with Gasteiger partial charge >= 0.3 is 11.9 Å². The predicted octanol–water partition coefficient (Wildman–Crippen LogP) is 13.9. The monoisotopic (exact) mass is 695 g/mol. The molecule has 0 aliphatic rings. The quantitative estimate of drug-likeness (QED) is 0.0509. The summed E-state index contributed by atoms with van der Waals surface area (Å²) in [6.45, 7) is 4.17. The van der Waals surface area contributed by atoms with Crippen LogP contribution in [0, 0.1) is 0 Å². The van der Waals surface area contributed by atoms with Crippen LogP contribution in [-0.4, -0.2) is 36.4 Å². The van der Waals surface area contributed by atoms with Gasteiger partial charge in [-0.3, -0.25) is 9.59 Å². The predicted molar refractivity (Wildman–Crippen MR) is 210 cm³/mol. The minimum Gasteiger partial charge on any atom is -0.462 e. The molecule has 0 bridgehead atoms. The Morgan fingerprint density at radius 1 is 0.388 bits per heavy atom. The average Bonchev–Trinajstić information content (AvgIpc) is 3.10. The molecular weight excluding hydrogens is 608 g/mol. The molecule has 1 N–H and O–H groups in total. The number of hydrogen-bond acceptors (Lipinski definition) is 5. The lowest BCUT2D eigenvalue weighted by atomic mass is 10.0. The molecule has 0 fully saturated rings. The molecular formula is C44H86O5. The van der Waals surface area contributed by atoms with Gasteiger partial charge in [-0.25, -0.2) is 0 Å². The third-order valence-corrected chi connectivity index (χ3v) is 10.2. The molecule has 0 heterocycles. The van der Waals surface area contributed by atoms with Crippen molar-refractivity contribution < 1.29 is 24.2 Å². The molecule has 0 aliphatic heterocycles. The van der Waals surface area contributed by atoms with Gasteiger partial charge in [-0.05, 0) is 12.8 Å². The Hall–Kier alpha value is -1.10. The van der Waals surface area contributed by atoms with Crippen molar-refractivity contribution in [3.63, 3.8) is 0 Å². The van der Waals surface area contributed by atoms with Crippen molar-refractivity contribution in [2.45, 2.75) is 258 Å². The Balaban J connectivity index is 3.43. The number of esters is 2. The zero-order valence-corrected chi connectivity index (χ0v) is 33.2. The highest BCUT2D eigenvalue weighted by Gasteiger charge is 2.16. The van der Waals surface area contributed by atoms with Gasteiger partial charge in [0.05, 0.1) is 6.61 Å². The number of aliphatic hydroxyl groups excluding tert-OH is 1. The second-order valence-electron chi connectivity index (χ2n) is 15.1. The Kier molecular flexibility index (Phi) is 40.4. The van der Waals surface area contributed by atoms with Gasteiger partial charge in [0, 0.05) is 12.8 Å². The van der Waals surface area contributed by atoms with E-state index in [1.165, 1.54) is 193 Å². The molecule has 5 nitrogen and oxygen atoms in total. The number of ether oxygens (including phenoxy) is 2. The van der Waals surface area contributed by atoms with Gasteiger partial charge in [-0.15, -0.1) is 0 Å². The minimum atomic E-state index is -0.761. The molecule has 0 saturated carbocycles. The smallest absolute Gasteiger partial charge is 0.306 e. The molecule has 0 aliphatic carbocycles. The Morgan fingerprint density at radius 3 is 0.898 bits per heavy atom. The summed E-state index contributed by atoms with van der Waals surface area (Å²) in [7, 11) is 0. The summed E-state index contributed by atoms with van der Waals surface area (Å²) < 4.78 is 10.6. The van der Waals surface area contributed by atoms with Gasteiger partial charge in [0.15, 0.2) is 6.10 Å². The molecule has 292 valence electrons. The van der Waals surface area contributed by atoms with Crippen molar-refractivity contribution >= 4 is 11.9 Å². The van der Waals surface area contributed by atoms with E-state index >= 15 is 0 Å². The zero-order chi connectivity index (χ0) is 35.7. The molecule has 49 heavy (non-hydrogen) atoms. The number of rotatable bonds is 41. The molecule has 0 radical (unpaired) electrons. The summed E-state index contributed by atoms with van der Waals surface area (Å²) in [4.78, 5) is 24.3. The molecule has 1 unspecified atom stereocenters. The summed E-state index contributed by atoms with van der Waals surface area (Å²) >= 11 is 0. The van der Waals surface area contributed by atoms with Gasteiger partial charge in [-0.1, -0.05) is 226 Å². The Labute approximate surface area is 306 Å². The van der Waals surface area contributed by atoms with Gasteiger partial charge in [-0.2, -0.15) is 0 Å². The van der Waals surface area contributed by atoms with Crippen LogP contribution in [0.15, 0.2) is 0 Å². The van der Waals surface area contributed by atoms with Crippen molar-refractivity contribution in [3.8, 4) is 0 Å². The molecule has 0 aromatic carbocycles. The van der Waals surface area contributed by atoms with Crippen LogP contribution in [0.25, 0.3) is 0 Å². The Bertz CT molecular complexity index is 666. The highest BCUT2D eigenvalue weighted by atomic mass is 16.6. The lowest BCUT2D eigenvalue weighted by Crippen LogP contribution is -2.28. The van der Waals surface area contributed by atoms with E-state index in [9.17, 15) is 14.7 Å². The van der Waals surface area contributed by atoms with E-state index in [0.717, 1.165) is 32.1 Å². The van der Waals surface area contributed by atoms with Crippen molar-refractivity contribution in [2.24, 2.45) is 0 Å². The van der Waals surface area contributed by atoms with Gasteiger partial charge < -0.3 is 14.6 Å². The first-order valence-corrected chi connectivity index (χ1v) is 22.1. The van der Waals surface area contributed by atoms with E-state index in [0.29, 0.717) is 12.8 Å². The van der Waals surface area contributed by atoms with Crippen LogP contribution in [-0.2, 0) is 19.1 Å². The van der Waals surface area contributed by atoms with E-state index in [2.05, 4.69) is 13.8 Å². The number of carbonyl (C=O) groups excluding carboxylic acids is 2. The fourth-order valence-corrected chi connectivity index (χ4v) is 6.79. The number of aliphatic hydroxyl groups is 1. The number of hydrogen-bond donors (Lipinski definition) is 1. The molecule has 0 aromatic rings. The van der Waals surface area contributed by atoms with Crippen molar-refractivity contribution in [1.29, 1.82) is 0 Å². The summed E-state index contributed by atoms with van der Waals surface area (Å²) in [5.41, 5.74) is 0. The van der Waals surface area contributed by atoms with Crippen LogP contribution in [0.5, 0.6) is 0 Å². The van der Waals surface area contributed by atoms with Crippen molar-refractivity contribution in [3.05, 3.63) is 0 Å². The fraction of sp³-hybridized carbons (Fsp3) is 0.955. The van der Waals surface area contributed by atoms with E-state index in [4.69, 9.17) is 9.47 Å². The average molecular weight is 695 g/mol. The highest BCUT2D eigenvalue weighted by Crippen LogP contribution is 2.16. The largest absolute Gasteiger partial charge is 0.462 e. The summed E-state index contributed by atoms with van der Waals surface area (Å²) in [5, 5.41) is 9.56. The van der Waals surface area contributed by atoms with Crippen LogP contribution in [0.1, 0.15) is 251 Å². The third kappa shape index (κ3) is 39.5. The third-order valence-electron chi connectivity index (χ3n) is 10.2. The fourth-order valence-electron chi connectivity index (χ4n) is 6.79. The molecule has 0 spiro atoms. The van der Waals surface area contributed by atoms with Crippen molar-refractivity contribution in [2.75, 3.05) is 13.2 Å². The number of carbonyl (C=O) groups is 2. The lowest BCUT2D eigenvalue weighted by Gasteiger charge is -2.15. The van der Waals surface area contributed by atoms with E-state index < -0.39 is 6.10 Å².